The van der Waals surface area contributed by atoms with Crippen molar-refractivity contribution >= 4 is 111 Å². The van der Waals surface area contributed by atoms with E-state index in [1.165, 1.54) is 143 Å². The molecule has 2 aromatic heterocycles. The molecule has 282 valence electrons. The normalized spacial score (nSPS) is 13.1. The maximum Gasteiger partial charge on any atom is 0.247 e. The van der Waals surface area contributed by atoms with Crippen molar-refractivity contribution in [1.29, 1.82) is 0 Å². The zero-order valence-electron chi connectivity index (χ0n) is 34.9. The number of rotatable bonds is 2. The van der Waals surface area contributed by atoms with Gasteiger partial charge in [-0.2, -0.15) is 0 Å². The Balaban J connectivity index is 1.25. The summed E-state index contributed by atoms with van der Waals surface area (Å²) in [5.41, 5.74) is 24.1. The first-order valence-electron chi connectivity index (χ1n) is 21.5. The van der Waals surface area contributed by atoms with E-state index < -0.39 is 0 Å². The molecule has 2 nitrogen and oxygen atoms in total. The molecular formula is C56H42B2N2. The molecule has 2 aliphatic heterocycles. The van der Waals surface area contributed by atoms with Gasteiger partial charge in [0.05, 0.1) is 11.0 Å². The van der Waals surface area contributed by atoms with Crippen LogP contribution in [0.25, 0.3) is 76.5 Å². The summed E-state index contributed by atoms with van der Waals surface area (Å²) in [7, 11) is 0. The predicted molar refractivity (Wildman–Crippen MR) is 261 cm³/mol. The van der Waals surface area contributed by atoms with Crippen molar-refractivity contribution in [2.75, 3.05) is 0 Å². The predicted octanol–water partition coefficient (Wildman–Crippen LogP) is 9.70. The highest BCUT2D eigenvalue weighted by Gasteiger charge is 2.41. The van der Waals surface area contributed by atoms with E-state index in [9.17, 15) is 0 Å². The molecule has 11 aromatic rings. The van der Waals surface area contributed by atoms with Gasteiger partial charge in [0.1, 0.15) is 0 Å². The molecule has 0 fully saturated rings. The number of aromatic nitrogens is 2. The minimum Gasteiger partial charge on any atom is -0.310 e. The van der Waals surface area contributed by atoms with Gasteiger partial charge in [0.25, 0.3) is 0 Å². The first-order valence-corrected chi connectivity index (χ1v) is 21.5. The van der Waals surface area contributed by atoms with E-state index in [-0.39, 0.29) is 13.4 Å². The van der Waals surface area contributed by atoms with Gasteiger partial charge in [-0.25, -0.2) is 0 Å². The molecule has 2 aliphatic rings. The molecule has 4 heterocycles. The van der Waals surface area contributed by atoms with E-state index in [0.29, 0.717) is 0 Å². The lowest BCUT2D eigenvalue weighted by molar-refractivity contribution is 1.15. The van der Waals surface area contributed by atoms with Crippen molar-refractivity contribution in [2.45, 2.75) is 41.5 Å². The second-order valence-electron chi connectivity index (χ2n) is 18.1. The molecule has 0 N–H and O–H groups in total. The van der Waals surface area contributed by atoms with Crippen molar-refractivity contribution < 1.29 is 0 Å². The fourth-order valence-corrected chi connectivity index (χ4v) is 12.2. The van der Waals surface area contributed by atoms with Crippen LogP contribution in [-0.2, 0) is 0 Å². The van der Waals surface area contributed by atoms with Gasteiger partial charge in [0.15, 0.2) is 0 Å². The van der Waals surface area contributed by atoms with Gasteiger partial charge < -0.3 is 9.13 Å². The fraction of sp³-hybridized carbons (Fsp3) is 0.107. The SMILES string of the molecule is Cc1cc(C)c(B2c3cc4c(cc3-n3c5cc6ccccc6cc5c5cccc2c53)-n2c3cc5ccccc5cc3c3cccc(c32)B4c2c(C)cc(C)cc2C)c(C)c1. The van der Waals surface area contributed by atoms with Crippen molar-refractivity contribution in [2.24, 2.45) is 0 Å². The number of para-hydroxylation sites is 2. The number of aryl methyl sites for hydroxylation is 6. The second-order valence-corrected chi connectivity index (χ2v) is 18.1. The number of hydrogen-bond donors (Lipinski definition) is 0. The number of benzene rings is 9. The Kier molecular flexibility index (Phi) is 6.78. The molecule has 0 saturated carbocycles. The third-order valence-electron chi connectivity index (χ3n) is 14.3. The van der Waals surface area contributed by atoms with Crippen molar-refractivity contribution in [3.63, 3.8) is 0 Å². The van der Waals surface area contributed by atoms with Crippen molar-refractivity contribution in [3.8, 4) is 11.4 Å². The molecule has 0 amide bonds. The summed E-state index contributed by atoms with van der Waals surface area (Å²) in [4.78, 5) is 0. The van der Waals surface area contributed by atoms with Gasteiger partial charge in [0.2, 0.25) is 13.4 Å². The number of nitrogens with zero attached hydrogens (tertiary/aromatic N) is 2. The highest BCUT2D eigenvalue weighted by molar-refractivity contribution is 7.01. The van der Waals surface area contributed by atoms with E-state index in [4.69, 9.17) is 0 Å². The summed E-state index contributed by atoms with van der Waals surface area (Å²) in [5, 5.41) is 10.3. The minimum atomic E-state index is 0.0595. The van der Waals surface area contributed by atoms with Crippen LogP contribution in [0.1, 0.15) is 33.4 Å². The highest BCUT2D eigenvalue weighted by atomic mass is 15.0. The molecule has 0 aliphatic carbocycles. The number of hydrogen-bond acceptors (Lipinski definition) is 0. The highest BCUT2D eigenvalue weighted by Crippen LogP contribution is 2.39. The molecule has 13 rings (SSSR count). The average Bonchev–Trinajstić information content (AvgIpc) is 3.73. The molecule has 0 radical (unpaired) electrons. The summed E-state index contributed by atoms with van der Waals surface area (Å²) in [6, 6.07) is 56.4. The van der Waals surface area contributed by atoms with Gasteiger partial charge in [-0.3, -0.25) is 0 Å². The summed E-state index contributed by atoms with van der Waals surface area (Å²) in [5.74, 6) is 0. The van der Waals surface area contributed by atoms with Crippen LogP contribution in [-0.4, -0.2) is 22.6 Å². The fourth-order valence-electron chi connectivity index (χ4n) is 12.2. The lowest BCUT2D eigenvalue weighted by atomic mass is 9.31. The molecular weight excluding hydrogens is 722 g/mol. The third kappa shape index (κ3) is 4.41. The zero-order chi connectivity index (χ0) is 40.3. The van der Waals surface area contributed by atoms with Gasteiger partial charge in [-0.05, 0) is 115 Å². The molecule has 0 bridgehead atoms. The van der Waals surface area contributed by atoms with Gasteiger partial charge in [0, 0.05) is 44.0 Å². The van der Waals surface area contributed by atoms with Crippen LogP contribution in [0.15, 0.2) is 146 Å². The van der Waals surface area contributed by atoms with Gasteiger partial charge in [-0.1, -0.05) is 160 Å². The Morgan fingerprint density at radius 2 is 0.717 bits per heavy atom. The standard InChI is InChI=1S/C56H42B2N2/c1-31-21-33(3)53(34(4)22-31)57-45-19-11-17-41-43-25-37-13-7-9-15-39(37)27-49(43)59(55(41)45)51-30-52-48(29-47(51)57)58(54-35(5)23-32(2)24-36(54)6)46-20-12-18-42-44-26-38-14-8-10-16-40(38)28-50(44)60(52)56(42)46/h7-30H,1-6H3. The lowest BCUT2D eigenvalue weighted by Gasteiger charge is -2.34. The van der Waals surface area contributed by atoms with Crippen LogP contribution in [0, 0.1) is 41.5 Å². The Morgan fingerprint density at radius 3 is 1.12 bits per heavy atom. The average molecular weight is 765 g/mol. The molecule has 0 atom stereocenters. The minimum absolute atomic E-state index is 0.0595. The number of fused-ring (bicyclic) bond motifs is 12. The first kappa shape index (κ1) is 34.1. The van der Waals surface area contributed by atoms with Crippen LogP contribution in [0.2, 0.25) is 0 Å². The van der Waals surface area contributed by atoms with E-state index in [0.717, 1.165) is 0 Å². The van der Waals surface area contributed by atoms with Gasteiger partial charge >= 0.3 is 0 Å². The molecule has 4 heteroatoms. The zero-order valence-corrected chi connectivity index (χ0v) is 34.9. The second kappa shape index (κ2) is 11.9. The Bertz CT molecular complexity index is 3460. The van der Waals surface area contributed by atoms with Crippen molar-refractivity contribution in [3.05, 3.63) is 179 Å². The van der Waals surface area contributed by atoms with Crippen LogP contribution in [0.3, 0.4) is 0 Å². The molecule has 0 saturated heterocycles. The quantitative estimate of drug-likeness (QED) is 0.155. The monoisotopic (exact) mass is 764 g/mol. The van der Waals surface area contributed by atoms with E-state index >= 15 is 0 Å². The Labute approximate surface area is 350 Å². The Hall–Kier alpha value is -6.77. The molecule has 0 unspecified atom stereocenters. The van der Waals surface area contributed by atoms with E-state index in [2.05, 4.69) is 196 Å². The van der Waals surface area contributed by atoms with E-state index in [1.807, 2.05) is 0 Å². The summed E-state index contributed by atoms with van der Waals surface area (Å²) < 4.78 is 5.27. The summed E-state index contributed by atoms with van der Waals surface area (Å²) >= 11 is 0. The van der Waals surface area contributed by atoms with Crippen LogP contribution >= 0.6 is 0 Å². The maximum absolute atomic E-state index is 2.65. The largest absolute Gasteiger partial charge is 0.310 e. The summed E-state index contributed by atoms with van der Waals surface area (Å²) in [6.45, 7) is 13.9. The lowest BCUT2D eigenvalue weighted by Crippen LogP contribution is -2.62. The van der Waals surface area contributed by atoms with Crippen LogP contribution < -0.4 is 32.8 Å². The molecule has 9 aromatic carbocycles. The summed E-state index contributed by atoms with van der Waals surface area (Å²) in [6.07, 6.45) is 0. The van der Waals surface area contributed by atoms with Crippen molar-refractivity contribution in [1.82, 2.24) is 9.13 Å². The molecule has 0 spiro atoms. The first-order chi connectivity index (χ1) is 29.2. The van der Waals surface area contributed by atoms with Gasteiger partial charge in [-0.15, -0.1) is 0 Å². The topological polar surface area (TPSA) is 9.86 Å². The smallest absolute Gasteiger partial charge is 0.247 e. The molecule has 60 heavy (non-hydrogen) atoms. The van der Waals surface area contributed by atoms with Crippen LogP contribution in [0.5, 0.6) is 0 Å². The van der Waals surface area contributed by atoms with E-state index in [1.54, 1.807) is 0 Å². The van der Waals surface area contributed by atoms with Crippen LogP contribution in [0.4, 0.5) is 0 Å². The third-order valence-corrected chi connectivity index (χ3v) is 14.3. The maximum atomic E-state index is 2.65. The Morgan fingerprint density at radius 1 is 0.333 bits per heavy atom.